The molecule has 0 bridgehead atoms. The van der Waals surface area contributed by atoms with Gasteiger partial charge in [0.2, 0.25) is 0 Å². The van der Waals surface area contributed by atoms with Crippen LogP contribution in [0.5, 0.6) is 0 Å². The molecule has 0 aliphatic heterocycles. The standard InChI is InChI=1S/C14H21FN2S/c1-4-10(3)9-17(5-2)13-7-6-11(15)8-12(13)14(16)18/h6-8,10H,4-5,9H2,1-3H3,(H2,16,18). The Hall–Kier alpha value is -1.16. The Morgan fingerprint density at radius 1 is 1.44 bits per heavy atom. The third kappa shape index (κ3) is 3.67. The van der Waals surface area contributed by atoms with Gasteiger partial charge in [-0.1, -0.05) is 32.5 Å². The van der Waals surface area contributed by atoms with Crippen LogP contribution < -0.4 is 10.6 Å². The predicted octanol–water partition coefficient (Wildman–Crippen LogP) is 3.33. The second-order valence-electron chi connectivity index (χ2n) is 4.58. The number of nitrogens with zero attached hydrogens (tertiary/aromatic N) is 1. The van der Waals surface area contributed by atoms with E-state index < -0.39 is 0 Å². The van der Waals surface area contributed by atoms with Gasteiger partial charge < -0.3 is 10.6 Å². The molecule has 1 atom stereocenters. The van der Waals surface area contributed by atoms with Gasteiger partial charge >= 0.3 is 0 Å². The molecule has 1 aromatic rings. The van der Waals surface area contributed by atoms with Gasteiger partial charge in [0.05, 0.1) is 0 Å². The molecule has 0 aliphatic carbocycles. The highest BCUT2D eigenvalue weighted by molar-refractivity contribution is 7.80. The van der Waals surface area contributed by atoms with Gasteiger partial charge in [-0.15, -0.1) is 0 Å². The molecule has 0 radical (unpaired) electrons. The monoisotopic (exact) mass is 268 g/mol. The molecular formula is C14H21FN2S. The number of anilines is 1. The van der Waals surface area contributed by atoms with Crippen molar-refractivity contribution in [2.24, 2.45) is 11.7 Å². The molecule has 0 spiro atoms. The fraction of sp³-hybridized carbons (Fsp3) is 0.500. The minimum atomic E-state index is -0.304. The van der Waals surface area contributed by atoms with Crippen molar-refractivity contribution in [3.63, 3.8) is 0 Å². The molecule has 18 heavy (non-hydrogen) atoms. The lowest BCUT2D eigenvalue weighted by Crippen LogP contribution is -2.30. The Morgan fingerprint density at radius 2 is 2.11 bits per heavy atom. The van der Waals surface area contributed by atoms with Gasteiger partial charge in [0, 0.05) is 24.3 Å². The van der Waals surface area contributed by atoms with E-state index in [-0.39, 0.29) is 10.8 Å². The average molecular weight is 268 g/mol. The maximum atomic E-state index is 13.3. The van der Waals surface area contributed by atoms with Gasteiger partial charge in [-0.2, -0.15) is 0 Å². The van der Waals surface area contributed by atoms with E-state index in [0.717, 1.165) is 25.2 Å². The molecule has 0 fully saturated rings. The number of rotatable bonds is 6. The van der Waals surface area contributed by atoms with E-state index in [4.69, 9.17) is 18.0 Å². The molecule has 4 heteroatoms. The van der Waals surface area contributed by atoms with E-state index in [1.807, 2.05) is 0 Å². The molecule has 0 aromatic heterocycles. The van der Waals surface area contributed by atoms with Crippen molar-refractivity contribution in [2.75, 3.05) is 18.0 Å². The smallest absolute Gasteiger partial charge is 0.124 e. The fourth-order valence-electron chi connectivity index (χ4n) is 1.88. The van der Waals surface area contributed by atoms with Crippen LogP contribution in [0.2, 0.25) is 0 Å². The molecule has 1 unspecified atom stereocenters. The quantitative estimate of drug-likeness (QED) is 0.802. The molecule has 0 amide bonds. The van der Waals surface area contributed by atoms with Gasteiger partial charge in [0.25, 0.3) is 0 Å². The zero-order valence-corrected chi connectivity index (χ0v) is 12.1. The summed E-state index contributed by atoms with van der Waals surface area (Å²) < 4.78 is 13.3. The first kappa shape index (κ1) is 14.9. The van der Waals surface area contributed by atoms with Crippen LogP contribution in [-0.4, -0.2) is 18.1 Å². The number of nitrogens with two attached hydrogens (primary N) is 1. The van der Waals surface area contributed by atoms with E-state index >= 15 is 0 Å². The van der Waals surface area contributed by atoms with Crippen molar-refractivity contribution < 1.29 is 4.39 Å². The summed E-state index contributed by atoms with van der Waals surface area (Å²) >= 11 is 5.00. The SMILES string of the molecule is CCC(C)CN(CC)c1ccc(F)cc1C(N)=S. The second kappa shape index (κ2) is 6.69. The molecule has 2 nitrogen and oxygen atoms in total. The second-order valence-corrected chi connectivity index (χ2v) is 5.02. The molecular weight excluding hydrogens is 247 g/mol. The summed E-state index contributed by atoms with van der Waals surface area (Å²) in [5.41, 5.74) is 7.22. The summed E-state index contributed by atoms with van der Waals surface area (Å²) in [7, 11) is 0. The highest BCUT2D eigenvalue weighted by Gasteiger charge is 2.14. The first-order chi connectivity index (χ1) is 8.49. The first-order valence-electron chi connectivity index (χ1n) is 6.33. The lowest BCUT2D eigenvalue weighted by molar-refractivity contribution is 0.547. The van der Waals surface area contributed by atoms with Crippen molar-refractivity contribution in [3.8, 4) is 0 Å². The maximum Gasteiger partial charge on any atom is 0.124 e. The van der Waals surface area contributed by atoms with Crippen LogP contribution in [0.4, 0.5) is 10.1 Å². The third-order valence-corrected chi connectivity index (χ3v) is 3.40. The largest absolute Gasteiger partial charge is 0.389 e. The Kier molecular flexibility index (Phi) is 5.54. The molecule has 0 saturated carbocycles. The number of thiocarbonyl (C=S) groups is 1. The molecule has 0 heterocycles. The highest BCUT2D eigenvalue weighted by atomic mass is 32.1. The Labute approximate surface area is 114 Å². The zero-order chi connectivity index (χ0) is 13.7. The summed E-state index contributed by atoms with van der Waals surface area (Å²) in [5.74, 6) is 0.273. The van der Waals surface area contributed by atoms with Crippen molar-refractivity contribution in [3.05, 3.63) is 29.6 Å². The van der Waals surface area contributed by atoms with Crippen LogP contribution in [0.3, 0.4) is 0 Å². The molecule has 0 saturated heterocycles. The van der Waals surface area contributed by atoms with Crippen molar-refractivity contribution in [2.45, 2.75) is 27.2 Å². The molecule has 100 valence electrons. The van der Waals surface area contributed by atoms with Gasteiger partial charge in [0.1, 0.15) is 10.8 Å². The Morgan fingerprint density at radius 3 is 2.61 bits per heavy atom. The van der Waals surface area contributed by atoms with Gasteiger partial charge in [-0.25, -0.2) is 4.39 Å². The van der Waals surface area contributed by atoms with E-state index in [9.17, 15) is 4.39 Å². The van der Waals surface area contributed by atoms with Crippen LogP contribution in [0.25, 0.3) is 0 Å². The third-order valence-electron chi connectivity index (χ3n) is 3.18. The number of halogens is 1. The van der Waals surface area contributed by atoms with Crippen molar-refractivity contribution in [1.29, 1.82) is 0 Å². The van der Waals surface area contributed by atoms with Gasteiger partial charge in [-0.05, 0) is 31.0 Å². The molecule has 1 rings (SSSR count). The van der Waals surface area contributed by atoms with E-state index in [2.05, 4.69) is 25.7 Å². The van der Waals surface area contributed by atoms with Crippen LogP contribution in [0, 0.1) is 11.7 Å². The van der Waals surface area contributed by atoms with E-state index in [1.54, 1.807) is 6.07 Å². The van der Waals surface area contributed by atoms with E-state index in [0.29, 0.717) is 11.5 Å². The van der Waals surface area contributed by atoms with Crippen molar-refractivity contribution >= 4 is 22.9 Å². The molecule has 2 N–H and O–H groups in total. The number of hydrogen-bond acceptors (Lipinski definition) is 2. The van der Waals surface area contributed by atoms with Gasteiger partial charge in [0.15, 0.2) is 0 Å². The lowest BCUT2D eigenvalue weighted by atomic mass is 10.1. The Bertz CT molecular complexity index is 420. The highest BCUT2D eigenvalue weighted by Crippen LogP contribution is 2.23. The normalized spacial score (nSPS) is 12.2. The van der Waals surface area contributed by atoms with Crippen LogP contribution >= 0.6 is 12.2 Å². The summed E-state index contributed by atoms with van der Waals surface area (Å²) in [6.07, 6.45) is 1.11. The van der Waals surface area contributed by atoms with Gasteiger partial charge in [-0.3, -0.25) is 0 Å². The summed E-state index contributed by atoms with van der Waals surface area (Å²) in [6.45, 7) is 8.22. The molecule has 0 aliphatic rings. The summed E-state index contributed by atoms with van der Waals surface area (Å²) in [6, 6.07) is 4.63. The van der Waals surface area contributed by atoms with Crippen LogP contribution in [-0.2, 0) is 0 Å². The summed E-state index contributed by atoms with van der Waals surface area (Å²) in [4.78, 5) is 2.44. The number of benzene rings is 1. The van der Waals surface area contributed by atoms with Crippen LogP contribution in [0.1, 0.15) is 32.8 Å². The average Bonchev–Trinajstić information content (AvgIpc) is 2.35. The Balaban J connectivity index is 3.08. The molecule has 1 aromatic carbocycles. The zero-order valence-electron chi connectivity index (χ0n) is 11.2. The minimum absolute atomic E-state index is 0.243. The summed E-state index contributed by atoms with van der Waals surface area (Å²) in [5, 5.41) is 0. The first-order valence-corrected chi connectivity index (χ1v) is 6.74. The topological polar surface area (TPSA) is 29.3 Å². The fourth-order valence-corrected chi connectivity index (χ4v) is 2.05. The van der Waals surface area contributed by atoms with Crippen molar-refractivity contribution in [1.82, 2.24) is 0 Å². The lowest BCUT2D eigenvalue weighted by Gasteiger charge is -2.28. The van der Waals surface area contributed by atoms with E-state index in [1.165, 1.54) is 12.1 Å². The minimum Gasteiger partial charge on any atom is -0.389 e. The maximum absolute atomic E-state index is 13.3. The van der Waals surface area contributed by atoms with Crippen LogP contribution in [0.15, 0.2) is 18.2 Å². The predicted molar refractivity (Wildman–Crippen MR) is 79.6 cm³/mol. The number of hydrogen-bond donors (Lipinski definition) is 1.